The summed E-state index contributed by atoms with van der Waals surface area (Å²) in [5.41, 5.74) is 5.58. The van der Waals surface area contributed by atoms with Gasteiger partial charge in [-0.3, -0.25) is 4.79 Å². The van der Waals surface area contributed by atoms with Gasteiger partial charge >= 0.3 is 0 Å². The molecule has 96 valence electrons. The topological polar surface area (TPSA) is 55.1 Å². The van der Waals surface area contributed by atoms with Crippen molar-refractivity contribution in [1.29, 1.82) is 0 Å². The fraction of sp³-hybridized carbons (Fsp3) is 0.923. The van der Waals surface area contributed by atoms with Gasteiger partial charge in [0.25, 0.3) is 0 Å². The van der Waals surface area contributed by atoms with Crippen LogP contribution in [0.3, 0.4) is 0 Å². The van der Waals surface area contributed by atoms with Gasteiger partial charge in [0, 0.05) is 13.1 Å². The van der Waals surface area contributed by atoms with Gasteiger partial charge in [-0.1, -0.05) is 40.5 Å². The summed E-state index contributed by atoms with van der Waals surface area (Å²) in [7, 11) is 0. The molecule has 0 fully saturated rings. The monoisotopic (exact) mass is 228 g/mol. The van der Waals surface area contributed by atoms with Crippen LogP contribution in [0.2, 0.25) is 0 Å². The zero-order valence-corrected chi connectivity index (χ0v) is 11.3. The number of nitrogens with one attached hydrogen (secondary N) is 1. The second-order valence-corrected chi connectivity index (χ2v) is 5.27. The molecule has 0 aromatic rings. The second kappa shape index (κ2) is 8.57. The van der Waals surface area contributed by atoms with Gasteiger partial charge in [0.05, 0.1) is 5.92 Å². The summed E-state index contributed by atoms with van der Waals surface area (Å²) < 4.78 is 0. The van der Waals surface area contributed by atoms with Gasteiger partial charge in [-0.15, -0.1) is 0 Å². The van der Waals surface area contributed by atoms with Crippen molar-refractivity contribution in [2.45, 2.75) is 47.0 Å². The van der Waals surface area contributed by atoms with E-state index in [1.54, 1.807) is 0 Å². The van der Waals surface area contributed by atoms with Crippen molar-refractivity contribution in [3.8, 4) is 0 Å². The highest BCUT2D eigenvalue weighted by Gasteiger charge is 2.19. The second-order valence-electron chi connectivity index (χ2n) is 5.27. The molecule has 1 unspecified atom stereocenters. The smallest absolute Gasteiger partial charge is 0.224 e. The highest BCUT2D eigenvalue weighted by Crippen LogP contribution is 2.09. The predicted molar refractivity (Wildman–Crippen MR) is 69.1 cm³/mol. The molecule has 3 nitrogen and oxygen atoms in total. The SMILES string of the molecule is CC(C)CCCCNC(=O)C(CN)C(C)C. The van der Waals surface area contributed by atoms with Crippen molar-refractivity contribution < 1.29 is 4.79 Å². The Morgan fingerprint density at radius 3 is 2.25 bits per heavy atom. The third kappa shape index (κ3) is 6.83. The van der Waals surface area contributed by atoms with Crippen LogP contribution >= 0.6 is 0 Å². The Balaban J connectivity index is 3.64. The van der Waals surface area contributed by atoms with Crippen LogP contribution < -0.4 is 11.1 Å². The van der Waals surface area contributed by atoms with Crippen LogP contribution in [-0.2, 0) is 4.79 Å². The zero-order chi connectivity index (χ0) is 12.6. The number of amides is 1. The highest BCUT2D eigenvalue weighted by molar-refractivity contribution is 5.79. The van der Waals surface area contributed by atoms with Crippen molar-refractivity contribution in [3.63, 3.8) is 0 Å². The van der Waals surface area contributed by atoms with Crippen LogP contribution in [0.4, 0.5) is 0 Å². The largest absolute Gasteiger partial charge is 0.356 e. The van der Waals surface area contributed by atoms with E-state index < -0.39 is 0 Å². The lowest BCUT2D eigenvalue weighted by Gasteiger charge is -2.18. The molecule has 0 aliphatic rings. The number of rotatable bonds is 8. The van der Waals surface area contributed by atoms with Gasteiger partial charge in [-0.05, 0) is 18.3 Å². The summed E-state index contributed by atoms with van der Waals surface area (Å²) in [5, 5.41) is 2.97. The normalized spacial score (nSPS) is 13.2. The van der Waals surface area contributed by atoms with E-state index in [1.807, 2.05) is 13.8 Å². The fourth-order valence-electron chi connectivity index (χ4n) is 1.70. The molecule has 1 amide bonds. The van der Waals surface area contributed by atoms with E-state index in [0.29, 0.717) is 12.5 Å². The molecule has 16 heavy (non-hydrogen) atoms. The first kappa shape index (κ1) is 15.4. The zero-order valence-electron chi connectivity index (χ0n) is 11.3. The number of hydrogen-bond donors (Lipinski definition) is 2. The molecule has 3 heteroatoms. The molecule has 0 aromatic heterocycles. The number of carbonyl (C=O) groups is 1. The minimum absolute atomic E-state index is 0.0369. The number of hydrogen-bond acceptors (Lipinski definition) is 2. The van der Waals surface area contributed by atoms with Crippen molar-refractivity contribution >= 4 is 5.91 Å². The molecule has 3 N–H and O–H groups in total. The molecule has 0 heterocycles. The maximum atomic E-state index is 11.7. The molecular formula is C13H28N2O. The Morgan fingerprint density at radius 1 is 1.19 bits per heavy atom. The third-order valence-electron chi connectivity index (χ3n) is 2.90. The van der Waals surface area contributed by atoms with Crippen molar-refractivity contribution in [1.82, 2.24) is 5.32 Å². The summed E-state index contributed by atoms with van der Waals surface area (Å²) in [4.78, 5) is 11.7. The molecule has 0 saturated carbocycles. The molecular weight excluding hydrogens is 200 g/mol. The quantitative estimate of drug-likeness (QED) is 0.626. The van der Waals surface area contributed by atoms with E-state index in [9.17, 15) is 4.79 Å². The molecule has 0 rings (SSSR count). The number of carbonyl (C=O) groups excluding carboxylic acids is 1. The summed E-state index contributed by atoms with van der Waals surface area (Å²) in [5.74, 6) is 1.15. The highest BCUT2D eigenvalue weighted by atomic mass is 16.1. The van der Waals surface area contributed by atoms with E-state index in [4.69, 9.17) is 5.73 Å². The van der Waals surface area contributed by atoms with Crippen LogP contribution in [-0.4, -0.2) is 19.0 Å². The van der Waals surface area contributed by atoms with Crippen molar-refractivity contribution in [2.24, 2.45) is 23.5 Å². The lowest BCUT2D eigenvalue weighted by molar-refractivity contribution is -0.125. The Morgan fingerprint density at radius 2 is 1.81 bits per heavy atom. The fourth-order valence-corrected chi connectivity index (χ4v) is 1.70. The first-order chi connectivity index (χ1) is 7.49. The summed E-state index contributed by atoms with van der Waals surface area (Å²) in [6.45, 7) is 9.75. The lowest BCUT2D eigenvalue weighted by atomic mass is 9.95. The van der Waals surface area contributed by atoms with Gasteiger partial charge in [-0.25, -0.2) is 0 Å². The Kier molecular flexibility index (Phi) is 8.26. The molecule has 0 aliphatic heterocycles. The lowest BCUT2D eigenvalue weighted by Crippen LogP contribution is -2.38. The standard InChI is InChI=1S/C13H28N2O/c1-10(2)7-5-6-8-15-13(16)12(9-14)11(3)4/h10-12H,5-9,14H2,1-4H3,(H,15,16). The summed E-state index contributed by atoms with van der Waals surface area (Å²) in [6, 6.07) is 0. The Bertz CT molecular complexity index is 190. The molecule has 0 bridgehead atoms. The van der Waals surface area contributed by atoms with Gasteiger partial charge in [-0.2, -0.15) is 0 Å². The van der Waals surface area contributed by atoms with Crippen LogP contribution in [0.25, 0.3) is 0 Å². The Labute approximate surface area is 100 Å². The molecule has 0 saturated heterocycles. The summed E-state index contributed by atoms with van der Waals surface area (Å²) in [6.07, 6.45) is 3.49. The van der Waals surface area contributed by atoms with E-state index >= 15 is 0 Å². The van der Waals surface area contributed by atoms with Crippen LogP contribution in [0.1, 0.15) is 47.0 Å². The minimum Gasteiger partial charge on any atom is -0.356 e. The number of nitrogens with two attached hydrogens (primary N) is 1. The average Bonchev–Trinajstić information content (AvgIpc) is 2.17. The Hall–Kier alpha value is -0.570. The minimum atomic E-state index is -0.0369. The van der Waals surface area contributed by atoms with Crippen LogP contribution in [0.5, 0.6) is 0 Å². The molecule has 1 atom stereocenters. The summed E-state index contributed by atoms with van der Waals surface area (Å²) >= 11 is 0. The van der Waals surface area contributed by atoms with Gasteiger partial charge in [0.1, 0.15) is 0 Å². The molecule has 0 aromatic carbocycles. The van der Waals surface area contributed by atoms with Gasteiger partial charge in [0.15, 0.2) is 0 Å². The van der Waals surface area contributed by atoms with Crippen LogP contribution in [0, 0.1) is 17.8 Å². The molecule has 0 spiro atoms. The number of unbranched alkanes of at least 4 members (excludes halogenated alkanes) is 1. The van der Waals surface area contributed by atoms with Crippen LogP contribution in [0.15, 0.2) is 0 Å². The first-order valence-corrected chi connectivity index (χ1v) is 6.46. The third-order valence-corrected chi connectivity index (χ3v) is 2.90. The molecule has 0 aliphatic carbocycles. The van der Waals surface area contributed by atoms with Crippen molar-refractivity contribution in [3.05, 3.63) is 0 Å². The molecule has 0 radical (unpaired) electrons. The van der Waals surface area contributed by atoms with Gasteiger partial charge < -0.3 is 11.1 Å². The van der Waals surface area contributed by atoms with E-state index in [0.717, 1.165) is 18.9 Å². The predicted octanol–water partition coefficient (Wildman–Crippen LogP) is 2.16. The maximum absolute atomic E-state index is 11.7. The maximum Gasteiger partial charge on any atom is 0.224 e. The van der Waals surface area contributed by atoms with E-state index in [-0.39, 0.29) is 11.8 Å². The first-order valence-electron chi connectivity index (χ1n) is 6.46. The van der Waals surface area contributed by atoms with E-state index in [2.05, 4.69) is 19.2 Å². The van der Waals surface area contributed by atoms with Crippen molar-refractivity contribution in [2.75, 3.05) is 13.1 Å². The average molecular weight is 228 g/mol. The van der Waals surface area contributed by atoms with E-state index in [1.165, 1.54) is 12.8 Å². The van der Waals surface area contributed by atoms with Gasteiger partial charge in [0.2, 0.25) is 5.91 Å².